The first-order chi connectivity index (χ1) is 15.5. The third kappa shape index (κ3) is 5.31. The minimum Gasteiger partial charge on any atom is -0.384 e. The molecule has 0 aliphatic carbocycles. The largest absolute Gasteiger partial charge is 0.384 e. The van der Waals surface area contributed by atoms with Crippen LogP contribution in [-0.2, 0) is 11.2 Å². The van der Waals surface area contributed by atoms with E-state index in [4.69, 9.17) is 5.73 Å². The summed E-state index contributed by atoms with van der Waals surface area (Å²) < 4.78 is 13.4. The second kappa shape index (κ2) is 9.90. The molecule has 1 aromatic carbocycles. The van der Waals surface area contributed by atoms with Gasteiger partial charge in [-0.2, -0.15) is 0 Å². The molecular formula is C26H29FN4O. The van der Waals surface area contributed by atoms with Crippen LogP contribution in [0.3, 0.4) is 0 Å². The Kier molecular flexibility index (Phi) is 6.78. The zero-order valence-electron chi connectivity index (χ0n) is 18.4. The quantitative estimate of drug-likeness (QED) is 0.601. The second-order valence-electron chi connectivity index (χ2n) is 8.56. The number of nitrogens with zero attached hydrogens (tertiary/aromatic N) is 3. The van der Waals surface area contributed by atoms with Crippen LogP contribution < -0.4 is 5.73 Å². The van der Waals surface area contributed by atoms with Gasteiger partial charge in [-0.3, -0.25) is 9.78 Å². The number of nitrogen functional groups attached to an aromatic ring is 1. The van der Waals surface area contributed by atoms with E-state index in [9.17, 15) is 9.18 Å². The maximum atomic E-state index is 13.4. The fourth-order valence-electron chi connectivity index (χ4n) is 4.30. The van der Waals surface area contributed by atoms with Crippen LogP contribution in [-0.4, -0.2) is 33.9 Å². The zero-order chi connectivity index (χ0) is 22.5. The monoisotopic (exact) mass is 432 g/mol. The summed E-state index contributed by atoms with van der Waals surface area (Å²) in [5.41, 5.74) is 10.4. The SMILES string of the molecule is Cc1cc(CCCC(=O)N2CCC[C@@H](c3ccc(-c4ccc(N)nc4)cn3)C2)ccc1F. The number of rotatable bonds is 6. The molecule has 1 aliphatic heterocycles. The maximum absolute atomic E-state index is 13.4. The average molecular weight is 433 g/mol. The fourth-order valence-corrected chi connectivity index (χ4v) is 4.30. The minimum absolute atomic E-state index is 0.184. The second-order valence-corrected chi connectivity index (χ2v) is 8.56. The summed E-state index contributed by atoms with van der Waals surface area (Å²) in [6.07, 6.45) is 7.71. The standard InChI is InChI=1S/C26H29FN4O/c1-18-14-19(7-10-23(18)27)4-2-6-26(32)31-13-3-5-22(17-31)24-11-8-20(15-29-24)21-9-12-25(28)30-16-21/h7-12,14-16,22H,2-6,13,17H2,1H3,(H2,28,30)/t22-/m1/s1. The molecule has 1 atom stereocenters. The van der Waals surface area contributed by atoms with Gasteiger partial charge in [0.25, 0.3) is 0 Å². The van der Waals surface area contributed by atoms with E-state index < -0.39 is 0 Å². The smallest absolute Gasteiger partial charge is 0.222 e. The first-order valence-corrected chi connectivity index (χ1v) is 11.2. The Labute approximate surface area is 188 Å². The van der Waals surface area contributed by atoms with Crippen molar-refractivity contribution in [1.29, 1.82) is 0 Å². The number of amides is 1. The summed E-state index contributed by atoms with van der Waals surface area (Å²) in [7, 11) is 0. The zero-order valence-corrected chi connectivity index (χ0v) is 18.4. The fraction of sp³-hybridized carbons (Fsp3) is 0.346. The van der Waals surface area contributed by atoms with Gasteiger partial charge in [0, 0.05) is 54.6 Å². The van der Waals surface area contributed by atoms with Crippen LogP contribution in [0.5, 0.6) is 0 Å². The third-order valence-electron chi connectivity index (χ3n) is 6.18. The highest BCUT2D eigenvalue weighted by atomic mass is 19.1. The molecule has 166 valence electrons. The van der Waals surface area contributed by atoms with Crippen LogP contribution in [0.4, 0.5) is 10.2 Å². The van der Waals surface area contributed by atoms with Gasteiger partial charge in [-0.25, -0.2) is 9.37 Å². The van der Waals surface area contributed by atoms with E-state index in [1.165, 1.54) is 6.07 Å². The molecule has 2 aromatic heterocycles. The molecule has 0 unspecified atom stereocenters. The number of pyridine rings is 2. The van der Waals surface area contributed by atoms with Crippen LogP contribution in [0.25, 0.3) is 11.1 Å². The molecule has 0 radical (unpaired) electrons. The van der Waals surface area contributed by atoms with Gasteiger partial charge in [0.2, 0.25) is 5.91 Å². The van der Waals surface area contributed by atoms with Crippen LogP contribution in [0, 0.1) is 12.7 Å². The number of anilines is 1. The van der Waals surface area contributed by atoms with Gasteiger partial charge in [0.15, 0.2) is 0 Å². The van der Waals surface area contributed by atoms with E-state index in [0.717, 1.165) is 54.6 Å². The summed E-state index contributed by atoms with van der Waals surface area (Å²) in [6.45, 7) is 3.29. The average Bonchev–Trinajstić information content (AvgIpc) is 2.82. The summed E-state index contributed by atoms with van der Waals surface area (Å²) in [4.78, 5) is 23.6. The number of aryl methyl sites for hydroxylation is 2. The predicted molar refractivity (Wildman–Crippen MR) is 125 cm³/mol. The lowest BCUT2D eigenvalue weighted by Gasteiger charge is -2.32. The Hall–Kier alpha value is -3.28. The number of aromatic nitrogens is 2. The summed E-state index contributed by atoms with van der Waals surface area (Å²) in [5, 5.41) is 0. The first kappa shape index (κ1) is 21.9. The highest BCUT2D eigenvalue weighted by Gasteiger charge is 2.25. The molecule has 6 heteroatoms. The molecule has 5 nitrogen and oxygen atoms in total. The number of likely N-dealkylation sites (tertiary alicyclic amines) is 1. The van der Waals surface area contributed by atoms with E-state index >= 15 is 0 Å². The van der Waals surface area contributed by atoms with Crippen molar-refractivity contribution in [2.75, 3.05) is 18.8 Å². The Balaban J connectivity index is 1.31. The van der Waals surface area contributed by atoms with Crippen LogP contribution in [0.2, 0.25) is 0 Å². The van der Waals surface area contributed by atoms with Crippen molar-refractivity contribution >= 4 is 11.7 Å². The number of benzene rings is 1. The molecule has 1 saturated heterocycles. The Morgan fingerprint density at radius 1 is 1.12 bits per heavy atom. The number of piperidine rings is 1. The molecular weight excluding hydrogens is 403 g/mol. The molecule has 0 bridgehead atoms. The van der Waals surface area contributed by atoms with E-state index in [0.29, 0.717) is 24.3 Å². The minimum atomic E-state index is -0.184. The summed E-state index contributed by atoms with van der Waals surface area (Å²) >= 11 is 0. The highest BCUT2D eigenvalue weighted by molar-refractivity contribution is 5.76. The molecule has 0 saturated carbocycles. The highest BCUT2D eigenvalue weighted by Crippen LogP contribution is 2.28. The van der Waals surface area contributed by atoms with Crippen molar-refractivity contribution in [3.8, 4) is 11.1 Å². The molecule has 1 amide bonds. The molecule has 3 aromatic rings. The molecule has 32 heavy (non-hydrogen) atoms. The van der Waals surface area contributed by atoms with E-state index in [-0.39, 0.29) is 17.6 Å². The Morgan fingerprint density at radius 3 is 2.59 bits per heavy atom. The van der Waals surface area contributed by atoms with Gasteiger partial charge in [0.1, 0.15) is 11.6 Å². The van der Waals surface area contributed by atoms with Crippen molar-refractivity contribution < 1.29 is 9.18 Å². The molecule has 1 aliphatic rings. The molecule has 4 rings (SSSR count). The van der Waals surface area contributed by atoms with Crippen molar-refractivity contribution in [3.63, 3.8) is 0 Å². The van der Waals surface area contributed by atoms with Gasteiger partial charge >= 0.3 is 0 Å². The number of hydrogen-bond donors (Lipinski definition) is 1. The topological polar surface area (TPSA) is 72.1 Å². The van der Waals surface area contributed by atoms with E-state index in [1.54, 1.807) is 25.3 Å². The first-order valence-electron chi connectivity index (χ1n) is 11.2. The number of halogens is 1. The molecule has 1 fully saturated rings. The summed E-state index contributed by atoms with van der Waals surface area (Å²) in [6, 6.07) is 13.0. The van der Waals surface area contributed by atoms with Gasteiger partial charge in [-0.1, -0.05) is 18.2 Å². The number of carbonyl (C=O) groups is 1. The normalized spacial score (nSPS) is 16.2. The van der Waals surface area contributed by atoms with Gasteiger partial charge in [0.05, 0.1) is 0 Å². The molecule has 2 N–H and O–H groups in total. The lowest BCUT2D eigenvalue weighted by Crippen LogP contribution is -2.39. The van der Waals surface area contributed by atoms with Crippen LogP contribution in [0.1, 0.15) is 48.4 Å². The maximum Gasteiger partial charge on any atom is 0.222 e. The Morgan fingerprint density at radius 2 is 1.91 bits per heavy atom. The van der Waals surface area contributed by atoms with E-state index in [1.807, 2.05) is 23.2 Å². The molecule has 0 spiro atoms. The number of nitrogens with two attached hydrogens (primary N) is 1. The van der Waals surface area contributed by atoms with Crippen molar-refractivity contribution in [2.45, 2.75) is 44.9 Å². The molecule has 3 heterocycles. The van der Waals surface area contributed by atoms with Gasteiger partial charge in [-0.05, 0) is 68.0 Å². The van der Waals surface area contributed by atoms with Crippen molar-refractivity contribution in [2.24, 2.45) is 0 Å². The van der Waals surface area contributed by atoms with Crippen LogP contribution in [0.15, 0.2) is 54.9 Å². The van der Waals surface area contributed by atoms with Crippen molar-refractivity contribution in [3.05, 3.63) is 77.5 Å². The van der Waals surface area contributed by atoms with Gasteiger partial charge in [-0.15, -0.1) is 0 Å². The number of hydrogen-bond acceptors (Lipinski definition) is 4. The van der Waals surface area contributed by atoms with Gasteiger partial charge < -0.3 is 10.6 Å². The lowest BCUT2D eigenvalue weighted by atomic mass is 9.93. The lowest BCUT2D eigenvalue weighted by molar-refractivity contribution is -0.132. The Bertz CT molecular complexity index is 1070. The number of carbonyl (C=O) groups excluding carboxylic acids is 1. The van der Waals surface area contributed by atoms with E-state index in [2.05, 4.69) is 22.1 Å². The third-order valence-corrected chi connectivity index (χ3v) is 6.18. The predicted octanol–water partition coefficient (Wildman–Crippen LogP) is 4.90. The van der Waals surface area contributed by atoms with Crippen LogP contribution >= 0.6 is 0 Å². The van der Waals surface area contributed by atoms with Crippen molar-refractivity contribution in [1.82, 2.24) is 14.9 Å². The summed E-state index contributed by atoms with van der Waals surface area (Å²) in [5.74, 6) is 0.762.